The van der Waals surface area contributed by atoms with Gasteiger partial charge in [0.05, 0.1) is 6.54 Å². The van der Waals surface area contributed by atoms with Crippen LogP contribution in [0.25, 0.3) is 0 Å². The topological polar surface area (TPSA) is 261 Å². The lowest BCUT2D eigenvalue weighted by atomic mass is 10.1. The maximum absolute atomic E-state index is 13.1. The number of rotatable bonds is 16. The number of aliphatic imine (C=N–C) groups is 1. The molecule has 1 aliphatic heterocycles. The molecule has 1 aliphatic rings. The number of nitrogens with zero attached hydrogens (tertiary/aromatic N) is 2. The lowest BCUT2D eigenvalue weighted by Crippen LogP contribution is -2.57. The third kappa shape index (κ3) is 11.0. The Kier molecular flexibility index (Phi) is 13.9. The third-order valence-electron chi connectivity index (χ3n) is 5.92. The average molecular weight is 528 g/mol. The van der Waals surface area contributed by atoms with Gasteiger partial charge >= 0.3 is 5.97 Å². The minimum absolute atomic E-state index is 0.101. The van der Waals surface area contributed by atoms with Crippen molar-refractivity contribution in [3.8, 4) is 0 Å². The highest BCUT2D eigenvalue weighted by atomic mass is 16.4. The number of hydrogen-bond donors (Lipinski definition) is 8. The van der Waals surface area contributed by atoms with Crippen molar-refractivity contribution in [1.82, 2.24) is 20.9 Å². The molecule has 0 spiro atoms. The maximum atomic E-state index is 13.1. The van der Waals surface area contributed by atoms with Crippen molar-refractivity contribution in [1.29, 1.82) is 0 Å². The van der Waals surface area contributed by atoms with Crippen LogP contribution < -0.4 is 38.9 Å². The second-order valence-corrected chi connectivity index (χ2v) is 8.88. The van der Waals surface area contributed by atoms with Gasteiger partial charge in [0.15, 0.2) is 5.96 Å². The van der Waals surface area contributed by atoms with Gasteiger partial charge < -0.3 is 48.9 Å². The second-order valence-electron chi connectivity index (χ2n) is 8.88. The second kappa shape index (κ2) is 16.3. The molecule has 0 saturated carbocycles. The van der Waals surface area contributed by atoms with Gasteiger partial charge in [0.1, 0.15) is 24.2 Å². The molecule has 1 fully saturated rings. The highest BCUT2D eigenvalue weighted by Gasteiger charge is 2.38. The Balaban J connectivity index is 2.86. The van der Waals surface area contributed by atoms with E-state index < -0.39 is 53.8 Å². The van der Waals surface area contributed by atoms with Gasteiger partial charge in [-0.15, -0.1) is 0 Å². The molecule has 0 radical (unpaired) electrons. The molecule has 15 heteroatoms. The fourth-order valence-corrected chi connectivity index (χ4v) is 3.94. The summed E-state index contributed by atoms with van der Waals surface area (Å²) >= 11 is 0. The smallest absolute Gasteiger partial charge is 0.326 e. The Bertz CT molecular complexity index is 833. The molecule has 1 rings (SSSR count). The molecule has 1 heterocycles. The summed E-state index contributed by atoms with van der Waals surface area (Å²) in [7, 11) is 0. The van der Waals surface area contributed by atoms with Gasteiger partial charge in [0, 0.05) is 13.1 Å². The normalized spacial score (nSPS) is 17.3. The number of likely N-dealkylation sites (tertiary alicyclic amines) is 1. The van der Waals surface area contributed by atoms with Crippen LogP contribution in [-0.4, -0.2) is 95.9 Å². The molecule has 0 bridgehead atoms. The van der Waals surface area contributed by atoms with Gasteiger partial charge in [0.25, 0.3) is 0 Å². The molecule has 0 aromatic rings. The summed E-state index contributed by atoms with van der Waals surface area (Å²) in [5, 5.41) is 17.1. The highest BCUT2D eigenvalue weighted by molar-refractivity contribution is 5.95. The largest absolute Gasteiger partial charge is 0.480 e. The van der Waals surface area contributed by atoms with Crippen LogP contribution in [0.5, 0.6) is 0 Å². The molecular weight excluding hydrogens is 486 g/mol. The molecule has 1 saturated heterocycles. The van der Waals surface area contributed by atoms with Crippen molar-refractivity contribution in [2.75, 3.05) is 26.2 Å². The van der Waals surface area contributed by atoms with E-state index in [0.717, 1.165) is 0 Å². The van der Waals surface area contributed by atoms with Crippen LogP contribution in [0, 0.1) is 0 Å². The summed E-state index contributed by atoms with van der Waals surface area (Å²) < 4.78 is 0. The fraction of sp³-hybridized carbons (Fsp3) is 0.727. The lowest BCUT2D eigenvalue weighted by Gasteiger charge is -2.28. The summed E-state index contributed by atoms with van der Waals surface area (Å²) in [6, 6.07) is -3.94. The molecule has 0 aromatic heterocycles. The van der Waals surface area contributed by atoms with Crippen LogP contribution >= 0.6 is 0 Å². The molecule has 0 aliphatic carbocycles. The van der Waals surface area contributed by atoms with Gasteiger partial charge in [-0.3, -0.25) is 24.2 Å². The van der Waals surface area contributed by atoms with E-state index in [0.29, 0.717) is 38.6 Å². The van der Waals surface area contributed by atoms with Crippen LogP contribution in [0.1, 0.15) is 51.9 Å². The quantitative estimate of drug-likeness (QED) is 0.0562. The zero-order chi connectivity index (χ0) is 28.0. The molecular formula is C22H41N9O6. The van der Waals surface area contributed by atoms with E-state index in [-0.39, 0.29) is 38.4 Å². The first-order valence-corrected chi connectivity index (χ1v) is 12.4. The molecule has 0 unspecified atom stereocenters. The summed E-state index contributed by atoms with van der Waals surface area (Å²) in [6.07, 6.45) is 2.90. The van der Waals surface area contributed by atoms with Crippen molar-refractivity contribution >= 4 is 35.6 Å². The Morgan fingerprint density at radius 3 is 2.24 bits per heavy atom. The number of carbonyl (C=O) groups excluding carboxylic acids is 4. The zero-order valence-electron chi connectivity index (χ0n) is 21.3. The summed E-state index contributed by atoms with van der Waals surface area (Å²) in [6.45, 7) is 2.04. The summed E-state index contributed by atoms with van der Waals surface area (Å²) in [4.78, 5) is 67.3. The van der Waals surface area contributed by atoms with E-state index in [1.165, 1.54) is 11.8 Å². The van der Waals surface area contributed by atoms with Gasteiger partial charge in [0.2, 0.25) is 23.6 Å². The highest BCUT2D eigenvalue weighted by Crippen LogP contribution is 2.20. The molecule has 15 nitrogen and oxygen atoms in total. The standard InChI is InChI=1S/C22H41N9O6/c1-13(28-19(34)14(29-17(32)12-24)7-4-10-27-22(25)26)18(33)30-15(6-2-3-9-23)20(35)31-11-5-8-16(31)21(36)37/h13-16H,2-12,23-24H2,1H3,(H,28,34)(H,29,32)(H,30,33)(H,36,37)(H4,25,26,27)/t13-,14-,15-,16-/m0/s1. The van der Waals surface area contributed by atoms with Crippen LogP contribution in [0.4, 0.5) is 0 Å². The lowest BCUT2D eigenvalue weighted by molar-refractivity contribution is -0.149. The minimum Gasteiger partial charge on any atom is -0.480 e. The van der Waals surface area contributed by atoms with E-state index in [9.17, 15) is 29.1 Å². The first kappa shape index (κ1) is 31.6. The molecule has 37 heavy (non-hydrogen) atoms. The summed E-state index contributed by atoms with van der Waals surface area (Å²) in [5.74, 6) is -3.48. The molecule has 12 N–H and O–H groups in total. The monoisotopic (exact) mass is 527 g/mol. The number of carbonyl (C=O) groups is 5. The Morgan fingerprint density at radius 1 is 0.973 bits per heavy atom. The van der Waals surface area contributed by atoms with Crippen LogP contribution in [0.15, 0.2) is 4.99 Å². The zero-order valence-corrected chi connectivity index (χ0v) is 21.3. The van der Waals surface area contributed by atoms with E-state index in [4.69, 9.17) is 22.9 Å². The Morgan fingerprint density at radius 2 is 1.65 bits per heavy atom. The van der Waals surface area contributed by atoms with E-state index in [1.807, 2.05) is 0 Å². The number of guanidine groups is 1. The van der Waals surface area contributed by atoms with Crippen LogP contribution in [0.2, 0.25) is 0 Å². The van der Waals surface area contributed by atoms with Crippen molar-refractivity contribution in [2.24, 2.45) is 27.9 Å². The molecule has 210 valence electrons. The first-order chi connectivity index (χ1) is 17.5. The average Bonchev–Trinajstić information content (AvgIpc) is 3.34. The number of aliphatic carboxylic acids is 1. The van der Waals surface area contributed by atoms with Crippen LogP contribution in [0.3, 0.4) is 0 Å². The van der Waals surface area contributed by atoms with Crippen LogP contribution in [-0.2, 0) is 24.0 Å². The molecule has 0 aromatic carbocycles. The van der Waals surface area contributed by atoms with Gasteiger partial charge in [-0.25, -0.2) is 4.79 Å². The maximum Gasteiger partial charge on any atom is 0.326 e. The van der Waals surface area contributed by atoms with Gasteiger partial charge in [-0.1, -0.05) is 0 Å². The van der Waals surface area contributed by atoms with E-state index in [1.54, 1.807) is 0 Å². The van der Waals surface area contributed by atoms with Gasteiger partial charge in [-0.05, 0) is 58.4 Å². The predicted molar refractivity (Wildman–Crippen MR) is 136 cm³/mol. The number of carboxylic acids is 1. The molecule has 4 atom stereocenters. The van der Waals surface area contributed by atoms with Crippen molar-refractivity contribution < 1.29 is 29.1 Å². The SMILES string of the molecule is C[C@H](NC(=O)[C@H](CCCN=C(N)N)NC(=O)CN)C(=O)N[C@@H](CCCCN)C(=O)N1CCC[C@H]1C(=O)O. The first-order valence-electron chi connectivity index (χ1n) is 12.4. The number of unbranched alkanes of at least 4 members (excludes halogenated alkanes) is 1. The molecule has 4 amide bonds. The Hall–Kier alpha value is -3.46. The number of nitrogens with one attached hydrogen (secondary N) is 3. The minimum atomic E-state index is -1.09. The number of amides is 4. The summed E-state index contributed by atoms with van der Waals surface area (Å²) in [5.41, 5.74) is 21.5. The van der Waals surface area contributed by atoms with Crippen molar-refractivity contribution in [3.63, 3.8) is 0 Å². The van der Waals surface area contributed by atoms with Crippen molar-refractivity contribution in [3.05, 3.63) is 0 Å². The third-order valence-corrected chi connectivity index (χ3v) is 5.92. The predicted octanol–water partition coefficient (Wildman–Crippen LogP) is -3.32. The number of carboxylic acid groups (broad SMARTS) is 1. The van der Waals surface area contributed by atoms with E-state index in [2.05, 4.69) is 20.9 Å². The van der Waals surface area contributed by atoms with E-state index >= 15 is 0 Å². The Labute approximate surface area is 216 Å². The number of hydrogen-bond acceptors (Lipinski definition) is 8. The van der Waals surface area contributed by atoms with Gasteiger partial charge in [-0.2, -0.15) is 0 Å². The number of nitrogens with two attached hydrogens (primary N) is 4. The fourth-order valence-electron chi connectivity index (χ4n) is 3.94. The van der Waals surface area contributed by atoms with Crippen molar-refractivity contribution in [2.45, 2.75) is 76.0 Å².